The van der Waals surface area contributed by atoms with Crippen LogP contribution in [-0.2, 0) is 4.74 Å². The Bertz CT molecular complexity index is 1150. The number of rotatable bonds is 10. The lowest BCUT2D eigenvalue weighted by Gasteiger charge is -2.35. The van der Waals surface area contributed by atoms with Gasteiger partial charge >= 0.3 is 0 Å². The molecule has 0 aromatic heterocycles. The topological polar surface area (TPSA) is 86.3 Å². The fraction of sp³-hybridized carbons (Fsp3) is 0.552. The maximum absolute atomic E-state index is 13.7. The second-order valence-corrected chi connectivity index (χ2v) is 12.2. The molecule has 1 saturated carbocycles. The molecule has 10 heteroatoms. The Kier molecular flexibility index (Phi) is 8.73. The zero-order valence-electron chi connectivity index (χ0n) is 22.7. The van der Waals surface area contributed by atoms with Crippen molar-refractivity contribution in [3.63, 3.8) is 0 Å². The van der Waals surface area contributed by atoms with Gasteiger partial charge in [0.1, 0.15) is 5.75 Å². The second kappa shape index (κ2) is 12.2. The van der Waals surface area contributed by atoms with Gasteiger partial charge < -0.3 is 34.4 Å². The molecule has 3 N–H and O–H groups in total. The van der Waals surface area contributed by atoms with E-state index in [-0.39, 0.29) is 23.9 Å². The van der Waals surface area contributed by atoms with Gasteiger partial charge in [-0.2, -0.15) is 0 Å². The Labute approximate surface area is 234 Å². The molecule has 2 aliphatic heterocycles. The summed E-state index contributed by atoms with van der Waals surface area (Å²) in [6.07, 6.45) is 4.98. The Hall–Kier alpha value is -2.69. The highest BCUT2D eigenvalue weighted by molar-refractivity contribution is 8.01. The number of ether oxygens (including phenoxy) is 2. The molecule has 8 nitrogen and oxygen atoms in total. The maximum Gasteiger partial charge on any atom is 0.257 e. The molecule has 1 spiro atoms. The Morgan fingerprint density at radius 1 is 1.13 bits per heavy atom. The monoisotopic (exact) mass is 558 g/mol. The summed E-state index contributed by atoms with van der Waals surface area (Å²) in [6, 6.07) is 11.1. The highest BCUT2D eigenvalue weighted by Gasteiger charge is 2.44. The fourth-order valence-electron chi connectivity index (χ4n) is 5.41. The van der Waals surface area contributed by atoms with E-state index in [2.05, 4.69) is 19.8 Å². The minimum absolute atomic E-state index is 0.0442. The summed E-state index contributed by atoms with van der Waals surface area (Å²) in [6.45, 7) is 6.86. The lowest BCUT2D eigenvalue weighted by Crippen LogP contribution is -2.41. The number of nitrogens with one attached hydrogen (secondary N) is 2. The molecule has 1 aliphatic carbocycles. The standard InChI is InChI=1S/C29H39FN4O4S/c1-20-17-34(13-14-37-20)26-15-22(4-6-27(26)38-19-30)31-28(36)24-5-3-23(32-39-21(2)18-35)16-25(24)33-11-9-29(7-8-29)10-12-33/h3-6,15-16,20-21,32,35H,7-14,17-19H2,1-2H3,(H,31,36)/t20-,21-/m1/s1. The van der Waals surface area contributed by atoms with Crippen LogP contribution in [0, 0.1) is 5.41 Å². The first-order chi connectivity index (χ1) is 18.9. The molecule has 0 bridgehead atoms. The van der Waals surface area contributed by atoms with E-state index in [9.17, 15) is 14.3 Å². The molecule has 2 aromatic carbocycles. The lowest BCUT2D eigenvalue weighted by molar-refractivity contribution is 0.0529. The number of halogens is 1. The van der Waals surface area contributed by atoms with Gasteiger partial charge in [-0.25, -0.2) is 4.39 Å². The largest absolute Gasteiger partial charge is 0.461 e. The number of aliphatic hydroxyl groups is 1. The first kappa shape index (κ1) is 27.9. The third-order valence-electron chi connectivity index (χ3n) is 8.01. The van der Waals surface area contributed by atoms with Crippen molar-refractivity contribution in [2.24, 2.45) is 5.41 Å². The van der Waals surface area contributed by atoms with Crippen LogP contribution in [0.5, 0.6) is 5.75 Å². The van der Waals surface area contributed by atoms with Gasteiger partial charge in [0, 0.05) is 42.8 Å². The van der Waals surface area contributed by atoms with Gasteiger partial charge in [0.2, 0.25) is 6.86 Å². The van der Waals surface area contributed by atoms with Gasteiger partial charge in [-0.15, -0.1) is 0 Å². The molecule has 39 heavy (non-hydrogen) atoms. The van der Waals surface area contributed by atoms with Crippen LogP contribution in [0.15, 0.2) is 36.4 Å². The van der Waals surface area contributed by atoms with E-state index in [0.29, 0.717) is 42.1 Å². The number of alkyl halides is 1. The zero-order chi connectivity index (χ0) is 27.4. The average molecular weight is 559 g/mol. The van der Waals surface area contributed by atoms with Crippen molar-refractivity contribution in [1.82, 2.24) is 0 Å². The summed E-state index contributed by atoms with van der Waals surface area (Å²) in [5.74, 6) is 0.248. The SMILES string of the molecule is C[C@@H]1CN(c2cc(NC(=O)c3ccc(NS[C@H](C)CO)cc3N3CCC4(CC3)CC4)ccc2OCF)CCO1. The number of amides is 1. The van der Waals surface area contributed by atoms with Gasteiger partial charge in [-0.3, -0.25) is 4.79 Å². The summed E-state index contributed by atoms with van der Waals surface area (Å²) in [7, 11) is 0. The Morgan fingerprint density at radius 2 is 1.87 bits per heavy atom. The molecule has 3 fully saturated rings. The lowest BCUT2D eigenvalue weighted by atomic mass is 9.93. The predicted octanol–water partition coefficient (Wildman–Crippen LogP) is 5.29. The molecule has 1 amide bonds. The number of benzene rings is 2. The molecule has 3 aliphatic rings. The van der Waals surface area contributed by atoms with E-state index >= 15 is 0 Å². The smallest absolute Gasteiger partial charge is 0.257 e. The van der Waals surface area contributed by atoms with Gasteiger partial charge in [0.05, 0.1) is 36.3 Å². The normalized spacial score (nSPS) is 21.0. The van der Waals surface area contributed by atoms with Crippen LogP contribution >= 0.6 is 11.9 Å². The van der Waals surface area contributed by atoms with Crippen LogP contribution in [-0.4, -0.2) is 68.6 Å². The number of carbonyl (C=O) groups excluding carboxylic acids is 1. The summed E-state index contributed by atoms with van der Waals surface area (Å²) < 4.78 is 27.3. The van der Waals surface area contributed by atoms with Crippen LogP contribution in [0.25, 0.3) is 0 Å². The van der Waals surface area contributed by atoms with Crippen molar-refractivity contribution in [3.05, 3.63) is 42.0 Å². The Balaban J connectivity index is 1.38. The summed E-state index contributed by atoms with van der Waals surface area (Å²) >= 11 is 1.46. The summed E-state index contributed by atoms with van der Waals surface area (Å²) in [4.78, 5) is 18.1. The maximum atomic E-state index is 13.7. The van der Waals surface area contributed by atoms with Crippen LogP contribution in [0.2, 0.25) is 0 Å². The summed E-state index contributed by atoms with van der Waals surface area (Å²) in [5, 5.41) is 12.5. The molecule has 2 heterocycles. The number of hydrogen-bond donors (Lipinski definition) is 3. The zero-order valence-corrected chi connectivity index (χ0v) is 23.6. The minimum atomic E-state index is -0.922. The van der Waals surface area contributed by atoms with Crippen LogP contribution < -0.4 is 24.6 Å². The first-order valence-corrected chi connectivity index (χ1v) is 14.7. The molecule has 0 unspecified atom stereocenters. The van der Waals surface area contributed by atoms with Crippen molar-refractivity contribution < 1.29 is 23.8 Å². The third kappa shape index (κ3) is 6.73. The molecule has 2 aromatic rings. The molecular formula is C29H39FN4O4S. The Morgan fingerprint density at radius 3 is 2.56 bits per heavy atom. The predicted molar refractivity (Wildman–Crippen MR) is 156 cm³/mol. The average Bonchev–Trinajstić information content (AvgIpc) is 3.71. The molecule has 212 valence electrons. The van der Waals surface area contributed by atoms with E-state index in [1.165, 1.54) is 24.8 Å². The van der Waals surface area contributed by atoms with Crippen molar-refractivity contribution in [2.45, 2.75) is 50.9 Å². The van der Waals surface area contributed by atoms with Gasteiger partial charge in [-0.1, -0.05) is 0 Å². The molecule has 0 radical (unpaired) electrons. The van der Waals surface area contributed by atoms with Crippen LogP contribution in [0.1, 0.15) is 49.9 Å². The number of morpholine rings is 1. The number of aliphatic hydroxyl groups excluding tert-OH is 1. The van der Waals surface area contributed by atoms with E-state index < -0.39 is 6.86 Å². The van der Waals surface area contributed by atoms with Crippen LogP contribution in [0.3, 0.4) is 0 Å². The molecule has 2 saturated heterocycles. The first-order valence-electron chi connectivity index (χ1n) is 13.8. The van der Waals surface area contributed by atoms with E-state index in [1.54, 1.807) is 12.1 Å². The number of anilines is 4. The number of hydrogen-bond acceptors (Lipinski definition) is 8. The molecule has 5 rings (SSSR count). The second-order valence-electron chi connectivity index (χ2n) is 10.9. The van der Waals surface area contributed by atoms with E-state index in [4.69, 9.17) is 9.47 Å². The highest BCUT2D eigenvalue weighted by atomic mass is 32.2. The van der Waals surface area contributed by atoms with Gasteiger partial charge in [0.25, 0.3) is 5.91 Å². The van der Waals surface area contributed by atoms with Crippen molar-refractivity contribution >= 4 is 40.6 Å². The highest BCUT2D eigenvalue weighted by Crippen LogP contribution is 2.54. The van der Waals surface area contributed by atoms with Crippen molar-refractivity contribution in [2.75, 3.05) is 66.1 Å². The number of piperidine rings is 1. The van der Waals surface area contributed by atoms with Crippen molar-refractivity contribution in [1.29, 1.82) is 0 Å². The van der Waals surface area contributed by atoms with E-state index in [1.807, 2.05) is 38.1 Å². The summed E-state index contributed by atoms with van der Waals surface area (Å²) in [5.41, 5.74) is 4.30. The fourth-order valence-corrected chi connectivity index (χ4v) is 5.95. The quantitative estimate of drug-likeness (QED) is 0.339. The van der Waals surface area contributed by atoms with Crippen molar-refractivity contribution in [3.8, 4) is 5.75 Å². The number of nitrogens with zero attached hydrogens (tertiary/aromatic N) is 2. The molecular weight excluding hydrogens is 519 g/mol. The van der Waals surface area contributed by atoms with E-state index in [0.717, 1.165) is 43.0 Å². The van der Waals surface area contributed by atoms with Gasteiger partial charge in [-0.05, 0) is 93.3 Å². The minimum Gasteiger partial charge on any atom is -0.461 e. The third-order valence-corrected chi connectivity index (χ3v) is 8.91. The molecule has 2 atom stereocenters. The van der Waals surface area contributed by atoms with Gasteiger partial charge in [0.15, 0.2) is 0 Å². The number of carbonyl (C=O) groups is 1. The van der Waals surface area contributed by atoms with Crippen LogP contribution in [0.4, 0.5) is 27.1 Å².